The molecular formula is C12H17NO2S. The number of aryl methyl sites for hydroxylation is 1. The van der Waals surface area contributed by atoms with E-state index in [4.69, 9.17) is 0 Å². The first-order chi connectivity index (χ1) is 7.65. The van der Waals surface area contributed by atoms with Crippen molar-refractivity contribution >= 4 is 17.3 Å². The average Bonchev–Trinajstić information content (AvgIpc) is 2.69. The van der Waals surface area contributed by atoms with Gasteiger partial charge in [-0.15, -0.1) is 11.3 Å². The summed E-state index contributed by atoms with van der Waals surface area (Å²) in [7, 11) is 1.39. The fraction of sp³-hybridized carbons (Fsp3) is 0.417. The van der Waals surface area contributed by atoms with E-state index in [1.165, 1.54) is 17.6 Å². The summed E-state index contributed by atoms with van der Waals surface area (Å²) in [5, 5.41) is 5.35. The lowest BCUT2D eigenvalue weighted by Crippen LogP contribution is -2.14. The zero-order valence-electron chi connectivity index (χ0n) is 9.87. The van der Waals surface area contributed by atoms with Crippen LogP contribution >= 0.6 is 11.3 Å². The average molecular weight is 239 g/mol. The highest BCUT2D eigenvalue weighted by Gasteiger charge is 2.02. The van der Waals surface area contributed by atoms with Crippen LogP contribution in [0.15, 0.2) is 23.1 Å². The van der Waals surface area contributed by atoms with Crippen LogP contribution in [-0.4, -0.2) is 19.6 Å². The number of nitrogens with one attached hydrogen (secondary N) is 1. The second-order valence-electron chi connectivity index (χ2n) is 3.54. The Balaban J connectivity index is 2.32. The van der Waals surface area contributed by atoms with Gasteiger partial charge in [-0.05, 0) is 30.9 Å². The topological polar surface area (TPSA) is 38.3 Å². The molecule has 0 saturated carbocycles. The Labute approximate surface area is 100 Å². The molecule has 0 spiro atoms. The Kier molecular flexibility index (Phi) is 5.22. The SMILES string of the molecule is COC(=O)/C(C)=C/CNCc1sccc1C. The predicted molar refractivity (Wildman–Crippen MR) is 66.5 cm³/mol. The van der Waals surface area contributed by atoms with Gasteiger partial charge in [0.2, 0.25) is 0 Å². The molecule has 0 aliphatic rings. The third-order valence-corrected chi connectivity index (χ3v) is 3.34. The number of ether oxygens (including phenoxy) is 1. The van der Waals surface area contributed by atoms with E-state index in [2.05, 4.69) is 28.4 Å². The molecule has 0 aliphatic carbocycles. The van der Waals surface area contributed by atoms with Gasteiger partial charge >= 0.3 is 5.97 Å². The van der Waals surface area contributed by atoms with Crippen LogP contribution in [0.3, 0.4) is 0 Å². The lowest BCUT2D eigenvalue weighted by molar-refractivity contribution is -0.136. The van der Waals surface area contributed by atoms with Crippen molar-refractivity contribution < 1.29 is 9.53 Å². The van der Waals surface area contributed by atoms with E-state index in [0.29, 0.717) is 12.1 Å². The monoisotopic (exact) mass is 239 g/mol. The highest BCUT2D eigenvalue weighted by Crippen LogP contribution is 2.14. The highest BCUT2D eigenvalue weighted by atomic mass is 32.1. The minimum Gasteiger partial charge on any atom is -0.466 e. The lowest BCUT2D eigenvalue weighted by atomic mass is 10.2. The number of carbonyl (C=O) groups is 1. The fourth-order valence-electron chi connectivity index (χ4n) is 1.24. The van der Waals surface area contributed by atoms with Gasteiger partial charge in [-0.1, -0.05) is 6.08 Å². The molecule has 0 radical (unpaired) electrons. The van der Waals surface area contributed by atoms with Crippen molar-refractivity contribution in [3.05, 3.63) is 33.5 Å². The normalized spacial score (nSPS) is 11.6. The van der Waals surface area contributed by atoms with Crippen molar-refractivity contribution in [1.29, 1.82) is 0 Å². The maximum absolute atomic E-state index is 11.1. The number of rotatable bonds is 5. The minimum atomic E-state index is -0.269. The minimum absolute atomic E-state index is 0.269. The zero-order valence-corrected chi connectivity index (χ0v) is 10.7. The Morgan fingerprint density at radius 2 is 2.38 bits per heavy atom. The van der Waals surface area contributed by atoms with Gasteiger partial charge in [0, 0.05) is 23.5 Å². The van der Waals surface area contributed by atoms with Crippen molar-refractivity contribution in [3.8, 4) is 0 Å². The van der Waals surface area contributed by atoms with Crippen molar-refractivity contribution in [1.82, 2.24) is 5.32 Å². The molecule has 16 heavy (non-hydrogen) atoms. The van der Waals surface area contributed by atoms with Gasteiger partial charge in [0.15, 0.2) is 0 Å². The summed E-state index contributed by atoms with van der Waals surface area (Å²) < 4.78 is 4.60. The largest absolute Gasteiger partial charge is 0.466 e. The molecule has 0 saturated heterocycles. The molecule has 1 N–H and O–H groups in total. The van der Waals surface area contributed by atoms with Gasteiger partial charge < -0.3 is 10.1 Å². The first kappa shape index (κ1) is 12.9. The van der Waals surface area contributed by atoms with Crippen LogP contribution in [-0.2, 0) is 16.1 Å². The number of methoxy groups -OCH3 is 1. The summed E-state index contributed by atoms with van der Waals surface area (Å²) >= 11 is 1.74. The van der Waals surface area contributed by atoms with Gasteiger partial charge in [0.05, 0.1) is 7.11 Å². The first-order valence-corrected chi connectivity index (χ1v) is 6.02. The van der Waals surface area contributed by atoms with E-state index in [9.17, 15) is 4.79 Å². The molecule has 4 heteroatoms. The standard InChI is InChI=1S/C12H17NO2S/c1-9-5-7-16-11(9)8-13-6-4-10(2)12(14)15-3/h4-5,7,13H,6,8H2,1-3H3/b10-4+. The molecule has 0 amide bonds. The Morgan fingerprint density at radius 1 is 1.62 bits per heavy atom. The molecular weight excluding hydrogens is 222 g/mol. The molecule has 1 heterocycles. The van der Waals surface area contributed by atoms with Crippen LogP contribution in [0, 0.1) is 6.92 Å². The molecule has 0 bridgehead atoms. The summed E-state index contributed by atoms with van der Waals surface area (Å²) in [5.74, 6) is -0.269. The molecule has 0 fully saturated rings. The predicted octanol–water partition coefficient (Wildman–Crippen LogP) is 2.27. The van der Waals surface area contributed by atoms with E-state index < -0.39 is 0 Å². The van der Waals surface area contributed by atoms with E-state index in [0.717, 1.165) is 6.54 Å². The number of esters is 1. The molecule has 0 aliphatic heterocycles. The van der Waals surface area contributed by atoms with E-state index in [1.807, 2.05) is 6.08 Å². The van der Waals surface area contributed by atoms with Crippen LogP contribution < -0.4 is 5.32 Å². The summed E-state index contributed by atoms with van der Waals surface area (Å²) in [5.41, 5.74) is 1.95. The summed E-state index contributed by atoms with van der Waals surface area (Å²) in [4.78, 5) is 12.4. The first-order valence-electron chi connectivity index (χ1n) is 5.14. The quantitative estimate of drug-likeness (QED) is 0.486. The summed E-state index contributed by atoms with van der Waals surface area (Å²) in [6.45, 7) is 5.37. The molecule has 88 valence electrons. The Morgan fingerprint density at radius 3 is 2.94 bits per heavy atom. The van der Waals surface area contributed by atoms with E-state index in [-0.39, 0.29) is 5.97 Å². The maximum Gasteiger partial charge on any atom is 0.333 e. The molecule has 1 rings (SSSR count). The van der Waals surface area contributed by atoms with Crippen molar-refractivity contribution in [3.63, 3.8) is 0 Å². The Hall–Kier alpha value is -1.13. The number of carbonyl (C=O) groups excluding carboxylic acids is 1. The second-order valence-corrected chi connectivity index (χ2v) is 4.54. The van der Waals surface area contributed by atoms with Gasteiger partial charge in [0.1, 0.15) is 0 Å². The van der Waals surface area contributed by atoms with Crippen LogP contribution in [0.4, 0.5) is 0 Å². The highest BCUT2D eigenvalue weighted by molar-refractivity contribution is 7.10. The van der Waals surface area contributed by atoms with Gasteiger partial charge in [-0.25, -0.2) is 4.79 Å². The lowest BCUT2D eigenvalue weighted by Gasteiger charge is -2.02. The molecule has 1 aromatic rings. The van der Waals surface area contributed by atoms with Crippen LogP contribution in [0.1, 0.15) is 17.4 Å². The van der Waals surface area contributed by atoms with E-state index >= 15 is 0 Å². The maximum atomic E-state index is 11.1. The summed E-state index contributed by atoms with van der Waals surface area (Å²) in [6.07, 6.45) is 1.84. The van der Waals surface area contributed by atoms with Crippen LogP contribution in [0.25, 0.3) is 0 Å². The third-order valence-electron chi connectivity index (χ3n) is 2.31. The zero-order chi connectivity index (χ0) is 12.0. The van der Waals surface area contributed by atoms with Gasteiger partial charge in [0.25, 0.3) is 0 Å². The molecule has 0 unspecified atom stereocenters. The van der Waals surface area contributed by atoms with Crippen molar-refractivity contribution in [2.24, 2.45) is 0 Å². The molecule has 0 aromatic carbocycles. The molecule has 3 nitrogen and oxygen atoms in total. The van der Waals surface area contributed by atoms with Gasteiger partial charge in [-0.2, -0.15) is 0 Å². The van der Waals surface area contributed by atoms with Crippen molar-refractivity contribution in [2.45, 2.75) is 20.4 Å². The third kappa shape index (κ3) is 3.79. The van der Waals surface area contributed by atoms with E-state index in [1.54, 1.807) is 18.3 Å². The second kappa shape index (κ2) is 6.45. The smallest absolute Gasteiger partial charge is 0.333 e. The molecule has 0 atom stereocenters. The Bertz CT molecular complexity index is 382. The van der Waals surface area contributed by atoms with Crippen molar-refractivity contribution in [2.75, 3.05) is 13.7 Å². The fourth-order valence-corrected chi connectivity index (χ4v) is 2.12. The van der Waals surface area contributed by atoms with Crippen LogP contribution in [0.5, 0.6) is 0 Å². The number of thiophene rings is 1. The number of hydrogen-bond acceptors (Lipinski definition) is 4. The summed E-state index contributed by atoms with van der Waals surface area (Å²) in [6, 6.07) is 2.11. The van der Waals surface area contributed by atoms with Gasteiger partial charge in [-0.3, -0.25) is 0 Å². The number of hydrogen-bond donors (Lipinski definition) is 1. The molecule has 1 aromatic heterocycles. The van der Waals surface area contributed by atoms with Crippen LogP contribution in [0.2, 0.25) is 0 Å².